The van der Waals surface area contributed by atoms with Crippen LogP contribution in [-0.4, -0.2) is 9.97 Å². The number of hydrogen-bond acceptors (Lipinski definition) is 3. The lowest BCUT2D eigenvalue weighted by Crippen LogP contribution is -2.09. The van der Waals surface area contributed by atoms with Crippen LogP contribution in [0.25, 0.3) is 66.6 Å². The van der Waals surface area contributed by atoms with Crippen LogP contribution in [0.5, 0.6) is 0 Å². The molecule has 0 amide bonds. The number of nitrogens with zero attached hydrogens (tertiary/aromatic N) is 3. The Morgan fingerprint density at radius 1 is 0.392 bits per heavy atom. The van der Waals surface area contributed by atoms with Gasteiger partial charge < -0.3 is 4.90 Å². The molecule has 0 bridgehead atoms. The van der Waals surface area contributed by atoms with Crippen molar-refractivity contribution in [3.8, 4) is 44.8 Å². The third-order valence-electron chi connectivity index (χ3n) is 8.16. The zero-order chi connectivity index (χ0) is 49.7. The van der Waals surface area contributed by atoms with Gasteiger partial charge in [0.05, 0.1) is 47.1 Å². The highest BCUT2D eigenvalue weighted by Crippen LogP contribution is 2.38. The molecule has 0 fully saturated rings. The topological polar surface area (TPSA) is 29.0 Å². The van der Waals surface area contributed by atoms with E-state index < -0.39 is 137 Å². The Bertz CT molecular complexity index is 3550. The number of para-hydroxylation sites is 1. The molecule has 0 spiro atoms. The predicted octanol–water partition coefficient (Wildman–Crippen LogP) is 12.9. The minimum absolute atomic E-state index is 0.205. The van der Waals surface area contributed by atoms with Gasteiger partial charge in [-0.15, -0.1) is 0 Å². The van der Waals surface area contributed by atoms with Gasteiger partial charge in [0.25, 0.3) is 0 Å². The molecule has 0 saturated heterocycles. The van der Waals surface area contributed by atoms with E-state index in [1.165, 1.54) is 0 Å². The molecule has 9 aromatic rings. The molecule has 8 aromatic carbocycles. The highest BCUT2D eigenvalue weighted by Gasteiger charge is 2.16. The molecule has 240 valence electrons. The molecule has 0 aliphatic heterocycles. The van der Waals surface area contributed by atoms with Crippen LogP contribution >= 0.6 is 0 Å². The molecule has 51 heavy (non-hydrogen) atoms. The highest BCUT2D eigenvalue weighted by molar-refractivity contribution is 6.06. The molecular formula is C48H33N3. The van der Waals surface area contributed by atoms with Gasteiger partial charge in [-0.05, 0) is 76.0 Å². The maximum Gasteiger partial charge on any atom is 0.0973 e. The van der Waals surface area contributed by atoms with Crippen molar-refractivity contribution in [1.29, 1.82) is 0 Å². The maximum absolute atomic E-state index is 9.43. The van der Waals surface area contributed by atoms with Gasteiger partial charge >= 0.3 is 0 Å². The normalized spacial score (nSPS) is 16.1. The first-order valence-electron chi connectivity index (χ1n) is 24.8. The van der Waals surface area contributed by atoms with Crippen LogP contribution in [0.3, 0.4) is 0 Å². The summed E-state index contributed by atoms with van der Waals surface area (Å²) in [5.41, 5.74) is 0.263. The quantitative estimate of drug-likeness (QED) is 0.158. The minimum atomic E-state index is -1.03. The summed E-state index contributed by atoms with van der Waals surface area (Å²) < 4.78 is 159. The summed E-state index contributed by atoms with van der Waals surface area (Å²) in [4.78, 5) is 10.7. The summed E-state index contributed by atoms with van der Waals surface area (Å²) in [6, 6.07) is 12.0. The first kappa shape index (κ1) is 16.7. The van der Waals surface area contributed by atoms with Crippen molar-refractivity contribution in [2.24, 2.45) is 0 Å². The van der Waals surface area contributed by atoms with Crippen molar-refractivity contribution in [2.45, 2.75) is 0 Å². The summed E-state index contributed by atoms with van der Waals surface area (Å²) in [5.74, 6) is 0. The van der Waals surface area contributed by atoms with Gasteiger partial charge in [-0.25, -0.2) is 9.97 Å². The molecule has 0 saturated carbocycles. The lowest BCUT2D eigenvalue weighted by Gasteiger charge is -2.26. The van der Waals surface area contributed by atoms with Gasteiger partial charge in [-0.2, -0.15) is 0 Å². The molecule has 0 aliphatic rings. The van der Waals surface area contributed by atoms with Gasteiger partial charge in [0.15, 0.2) is 0 Å². The fraction of sp³-hybridized carbons (Fsp3) is 0. The lowest BCUT2D eigenvalue weighted by molar-refractivity contribution is 1.28. The molecule has 9 rings (SSSR count). The van der Waals surface area contributed by atoms with Gasteiger partial charge in [0, 0.05) is 33.6 Å². The van der Waals surface area contributed by atoms with E-state index in [4.69, 9.17) is 26.4 Å². The molecule has 3 nitrogen and oxygen atoms in total. The van der Waals surface area contributed by atoms with Crippen LogP contribution in [0.1, 0.15) is 24.7 Å². The van der Waals surface area contributed by atoms with Crippen LogP contribution < -0.4 is 4.90 Å². The van der Waals surface area contributed by atoms with Crippen molar-refractivity contribution in [3.63, 3.8) is 0 Å². The Hall–Kier alpha value is -6.84. The van der Waals surface area contributed by atoms with E-state index in [1.54, 1.807) is 30.3 Å². The van der Waals surface area contributed by atoms with Crippen LogP contribution in [0.2, 0.25) is 0 Å². The SMILES string of the molecule is [2H]c1c([2H])c([2H])c(-c2c([2H])c([2H])c(N(c3c([2H])c([2H])c([2H])c([2H])c3[2H])c3c([2H])c([2H])c(-c4ccc5c(ccc6nc(-c7ccccc7)c(-c7ccccc7)nc65)c4)c([2H])c3[2H])c([2H])c2[2H])c([2H])c1[2H]. The first-order chi connectivity index (χ1) is 32.8. The average Bonchev–Trinajstić information content (AvgIpc) is 3.36. The Labute approximate surface area is 323 Å². The average molecular weight is 670 g/mol. The number of hydrogen-bond donors (Lipinski definition) is 0. The molecule has 0 N–H and O–H groups in total. The van der Waals surface area contributed by atoms with Crippen LogP contribution in [-0.2, 0) is 0 Å². The van der Waals surface area contributed by atoms with Crippen LogP contribution in [0.15, 0.2) is 200 Å². The number of fused-ring (bicyclic) bond motifs is 3. The highest BCUT2D eigenvalue weighted by atomic mass is 15.1. The van der Waals surface area contributed by atoms with E-state index in [2.05, 4.69) is 0 Å². The van der Waals surface area contributed by atoms with E-state index in [0.717, 1.165) is 11.1 Å². The number of benzene rings is 8. The number of anilines is 3. The summed E-state index contributed by atoms with van der Waals surface area (Å²) in [6.45, 7) is 0. The standard InChI is InChI=1S/C48H33N3/c1-5-13-34(14-6-1)35-21-27-42(28-22-35)51(41-19-11-4-12-20-41)43-29-23-36(24-30-43)39-25-31-44-40(33-39)26-32-45-48(44)50-47(38-17-9-3-10-18-38)46(49-45)37-15-7-2-8-16-37/h1-33H/i1D,4D,5D,6D,11D,12D,13D,14D,19D,20D,21D,22D,23D,24D,27D,28D,29D,30D. The zero-order valence-corrected chi connectivity index (χ0v) is 26.5. The Morgan fingerprint density at radius 2 is 0.902 bits per heavy atom. The summed E-state index contributed by atoms with van der Waals surface area (Å²) in [5, 5.41) is 1.26. The summed E-state index contributed by atoms with van der Waals surface area (Å²) in [6.07, 6.45) is 0. The second-order valence-electron chi connectivity index (χ2n) is 11.3. The Balaban J connectivity index is 1.27. The van der Waals surface area contributed by atoms with Gasteiger partial charge in [0.2, 0.25) is 0 Å². The Morgan fingerprint density at radius 3 is 1.51 bits per heavy atom. The van der Waals surface area contributed by atoms with E-state index in [1.807, 2.05) is 60.7 Å². The van der Waals surface area contributed by atoms with Crippen molar-refractivity contribution >= 4 is 38.9 Å². The van der Waals surface area contributed by atoms with Crippen molar-refractivity contribution < 1.29 is 24.7 Å². The molecular weight excluding hydrogens is 619 g/mol. The molecule has 1 heterocycles. The summed E-state index contributed by atoms with van der Waals surface area (Å²) >= 11 is 0. The van der Waals surface area contributed by atoms with Crippen molar-refractivity contribution in [3.05, 3.63) is 200 Å². The second kappa shape index (κ2) is 13.2. The fourth-order valence-corrected chi connectivity index (χ4v) is 5.77. The molecule has 1 aromatic heterocycles. The van der Waals surface area contributed by atoms with Crippen LogP contribution in [0, 0.1) is 0 Å². The minimum Gasteiger partial charge on any atom is -0.311 e. The summed E-state index contributed by atoms with van der Waals surface area (Å²) in [7, 11) is 0. The zero-order valence-electron chi connectivity index (χ0n) is 44.5. The third kappa shape index (κ3) is 5.92. The smallest absolute Gasteiger partial charge is 0.0973 e. The monoisotopic (exact) mass is 669 g/mol. The second-order valence-corrected chi connectivity index (χ2v) is 11.3. The largest absolute Gasteiger partial charge is 0.311 e. The first-order valence-corrected chi connectivity index (χ1v) is 15.8. The maximum atomic E-state index is 9.43. The molecule has 0 unspecified atom stereocenters. The number of rotatable bonds is 7. The van der Waals surface area contributed by atoms with E-state index in [9.17, 15) is 8.22 Å². The van der Waals surface area contributed by atoms with Gasteiger partial charge in [-0.1, -0.05) is 151 Å². The molecule has 3 heteroatoms. The molecule has 0 aliphatic carbocycles. The van der Waals surface area contributed by atoms with Gasteiger partial charge in [-0.3, -0.25) is 0 Å². The number of aromatic nitrogens is 2. The van der Waals surface area contributed by atoms with Crippen molar-refractivity contribution in [2.75, 3.05) is 4.90 Å². The third-order valence-corrected chi connectivity index (χ3v) is 8.16. The fourth-order valence-electron chi connectivity index (χ4n) is 5.77. The van der Waals surface area contributed by atoms with Crippen molar-refractivity contribution in [1.82, 2.24) is 9.97 Å². The van der Waals surface area contributed by atoms with E-state index in [0.29, 0.717) is 38.1 Å². The van der Waals surface area contributed by atoms with Crippen LogP contribution in [0.4, 0.5) is 17.1 Å². The molecule has 0 atom stereocenters. The Kier molecular flexibility index (Phi) is 4.33. The van der Waals surface area contributed by atoms with E-state index >= 15 is 0 Å². The van der Waals surface area contributed by atoms with E-state index in [-0.39, 0.29) is 11.1 Å². The van der Waals surface area contributed by atoms with Gasteiger partial charge in [0.1, 0.15) is 0 Å². The molecule has 0 radical (unpaired) electrons. The lowest BCUT2D eigenvalue weighted by atomic mass is 9.99. The predicted molar refractivity (Wildman–Crippen MR) is 213 cm³/mol.